The molecule has 0 bridgehead atoms. The van der Waals surface area contributed by atoms with Gasteiger partial charge in [0.2, 0.25) is 0 Å². The number of benzene rings is 1. The Morgan fingerprint density at radius 1 is 0.891 bits per heavy atom. The Bertz CT molecular complexity index is 1060. The molecule has 1 aromatic rings. The van der Waals surface area contributed by atoms with Gasteiger partial charge < -0.3 is 10.2 Å². The highest BCUT2D eigenvalue weighted by Crippen LogP contribution is 2.28. The van der Waals surface area contributed by atoms with Crippen LogP contribution in [0.3, 0.4) is 0 Å². The SMILES string of the molecule is C=C.C=C(C)Cc1ccc(CC(CCCCC)C(=C)NC2=C(C)CCC=C2C)cc1C.CCCC/C(C)=C/N(C)C.CCCCC. The molecule has 1 unspecified atom stereocenters. The molecule has 1 N–H and O–H groups in total. The minimum absolute atomic E-state index is 0.461. The molecule has 1 aliphatic carbocycles. The van der Waals surface area contributed by atoms with Crippen molar-refractivity contribution in [2.75, 3.05) is 14.1 Å². The Kier molecular flexibility index (Phi) is 28.1. The van der Waals surface area contributed by atoms with E-state index < -0.39 is 0 Å². The highest BCUT2D eigenvalue weighted by molar-refractivity contribution is 5.38. The lowest BCUT2D eigenvalue weighted by Crippen LogP contribution is -2.23. The summed E-state index contributed by atoms with van der Waals surface area (Å²) in [5.41, 5.74) is 12.2. The van der Waals surface area contributed by atoms with Gasteiger partial charge in [0.1, 0.15) is 0 Å². The predicted octanol–water partition coefficient (Wildman–Crippen LogP) is 13.6. The number of hydrogen-bond donors (Lipinski definition) is 1. The third kappa shape index (κ3) is 21.9. The highest BCUT2D eigenvalue weighted by Gasteiger charge is 2.18. The summed E-state index contributed by atoms with van der Waals surface area (Å²) in [6.45, 7) is 34.5. The Balaban J connectivity index is 0. The van der Waals surface area contributed by atoms with Crippen molar-refractivity contribution >= 4 is 0 Å². The first kappa shape index (κ1) is 45.4. The maximum Gasteiger partial charge on any atom is 0.0397 e. The van der Waals surface area contributed by atoms with Crippen molar-refractivity contribution in [1.29, 1.82) is 0 Å². The van der Waals surface area contributed by atoms with Crippen molar-refractivity contribution in [3.8, 4) is 0 Å². The van der Waals surface area contributed by atoms with Gasteiger partial charge in [-0.15, -0.1) is 13.2 Å². The van der Waals surface area contributed by atoms with Gasteiger partial charge in [0.05, 0.1) is 0 Å². The average Bonchev–Trinajstić information content (AvgIpc) is 3.00. The van der Waals surface area contributed by atoms with Crippen molar-refractivity contribution in [2.45, 2.75) is 152 Å². The minimum atomic E-state index is 0.461. The normalized spacial score (nSPS) is 13.1. The van der Waals surface area contributed by atoms with Gasteiger partial charge in [0.25, 0.3) is 0 Å². The molecular formula is C44H76N2. The minimum Gasteiger partial charge on any atom is -0.384 e. The predicted molar refractivity (Wildman–Crippen MR) is 212 cm³/mol. The molecule has 0 saturated carbocycles. The molecule has 0 aromatic heterocycles. The Morgan fingerprint density at radius 3 is 1.98 bits per heavy atom. The number of nitrogens with one attached hydrogen (secondary N) is 1. The second kappa shape index (κ2) is 28.5. The van der Waals surface area contributed by atoms with E-state index in [1.807, 2.05) is 0 Å². The van der Waals surface area contributed by atoms with Gasteiger partial charge >= 0.3 is 0 Å². The Hall–Kier alpha value is -2.74. The van der Waals surface area contributed by atoms with Crippen LogP contribution >= 0.6 is 0 Å². The van der Waals surface area contributed by atoms with Gasteiger partial charge in [-0.1, -0.05) is 121 Å². The summed E-state index contributed by atoms with van der Waals surface area (Å²) in [4.78, 5) is 2.10. The van der Waals surface area contributed by atoms with Gasteiger partial charge in [-0.25, -0.2) is 0 Å². The van der Waals surface area contributed by atoms with Gasteiger partial charge in [-0.05, 0) is 114 Å². The molecule has 0 spiro atoms. The zero-order valence-corrected chi connectivity index (χ0v) is 32.6. The molecule has 2 rings (SSSR count). The molecule has 0 saturated heterocycles. The summed E-state index contributed by atoms with van der Waals surface area (Å²) in [6, 6.07) is 6.97. The van der Waals surface area contributed by atoms with E-state index in [1.165, 1.54) is 115 Å². The number of allylic oxidation sites excluding steroid dienone is 6. The quantitative estimate of drug-likeness (QED) is 0.136. The van der Waals surface area contributed by atoms with Crippen LogP contribution < -0.4 is 5.32 Å². The number of unbranched alkanes of at least 4 members (excludes halogenated alkanes) is 5. The van der Waals surface area contributed by atoms with E-state index in [2.05, 4.69) is 143 Å². The van der Waals surface area contributed by atoms with Crippen molar-refractivity contribution in [1.82, 2.24) is 10.2 Å². The van der Waals surface area contributed by atoms with Crippen LogP contribution in [-0.2, 0) is 12.8 Å². The van der Waals surface area contributed by atoms with Crippen LogP contribution in [0.2, 0.25) is 0 Å². The van der Waals surface area contributed by atoms with E-state index in [0.717, 1.165) is 25.7 Å². The van der Waals surface area contributed by atoms with Crippen molar-refractivity contribution in [2.24, 2.45) is 5.92 Å². The maximum absolute atomic E-state index is 4.49. The molecule has 0 heterocycles. The lowest BCUT2D eigenvalue weighted by molar-refractivity contribution is 0.496. The van der Waals surface area contributed by atoms with Crippen LogP contribution in [0, 0.1) is 12.8 Å². The molecule has 0 fully saturated rings. The smallest absolute Gasteiger partial charge is 0.0397 e. The maximum atomic E-state index is 4.49. The summed E-state index contributed by atoms with van der Waals surface area (Å²) in [6.07, 6.45) is 21.8. The molecular weight excluding hydrogens is 556 g/mol. The van der Waals surface area contributed by atoms with Gasteiger partial charge in [0, 0.05) is 31.4 Å². The van der Waals surface area contributed by atoms with Crippen LogP contribution in [0.1, 0.15) is 149 Å². The summed E-state index contributed by atoms with van der Waals surface area (Å²) in [7, 11) is 4.13. The largest absolute Gasteiger partial charge is 0.384 e. The summed E-state index contributed by atoms with van der Waals surface area (Å²) >= 11 is 0. The van der Waals surface area contributed by atoms with Crippen molar-refractivity contribution < 1.29 is 0 Å². The van der Waals surface area contributed by atoms with Gasteiger partial charge in [0.15, 0.2) is 0 Å². The Morgan fingerprint density at radius 2 is 1.50 bits per heavy atom. The van der Waals surface area contributed by atoms with Crippen LogP contribution in [0.25, 0.3) is 0 Å². The molecule has 1 aromatic carbocycles. The molecule has 0 radical (unpaired) electrons. The molecule has 1 aliphatic rings. The fraction of sp³-hybridized carbons (Fsp3) is 0.591. The second-order valence-corrected chi connectivity index (χ2v) is 13.4. The highest BCUT2D eigenvalue weighted by atomic mass is 15.0. The molecule has 1 atom stereocenters. The molecule has 262 valence electrons. The molecule has 46 heavy (non-hydrogen) atoms. The van der Waals surface area contributed by atoms with E-state index in [-0.39, 0.29) is 0 Å². The molecule has 0 amide bonds. The first-order chi connectivity index (χ1) is 21.9. The second-order valence-electron chi connectivity index (χ2n) is 13.4. The zero-order valence-electron chi connectivity index (χ0n) is 32.6. The average molecular weight is 633 g/mol. The van der Waals surface area contributed by atoms with E-state index in [4.69, 9.17) is 0 Å². The molecule has 0 aliphatic heterocycles. The van der Waals surface area contributed by atoms with E-state index in [1.54, 1.807) is 0 Å². The summed E-state index contributed by atoms with van der Waals surface area (Å²) < 4.78 is 0. The number of aryl methyl sites for hydroxylation is 1. The topological polar surface area (TPSA) is 15.3 Å². The van der Waals surface area contributed by atoms with Crippen molar-refractivity contribution in [3.63, 3.8) is 0 Å². The van der Waals surface area contributed by atoms with Crippen LogP contribution in [0.5, 0.6) is 0 Å². The van der Waals surface area contributed by atoms with Crippen LogP contribution in [-0.4, -0.2) is 19.0 Å². The van der Waals surface area contributed by atoms with Crippen LogP contribution in [0.4, 0.5) is 0 Å². The third-order valence-corrected chi connectivity index (χ3v) is 8.22. The van der Waals surface area contributed by atoms with Gasteiger partial charge in [-0.3, -0.25) is 0 Å². The molecule has 2 heteroatoms. The standard InChI is InChI=1S/C28H41N.C9H19N.C5H12.C2H4/c1-8-9-10-14-27(24(7)29-28-21(4)12-11-13-22(28)5)19-25-15-16-26(17-20(2)3)23(6)18-25;1-5-6-7-9(2)8-10(3)4;1-3-5-4-2;1-2/h12,15-16,18,27,29H,2,7-11,13-14,17,19H2,1,3-6H3;8H,5-7H2,1-4H3;3-5H2,1-2H3;1-2H2/b;9-8+;;. The lowest BCUT2D eigenvalue weighted by atomic mass is 9.88. The fourth-order valence-electron chi connectivity index (χ4n) is 5.58. The Labute approximate surface area is 288 Å². The zero-order chi connectivity index (χ0) is 35.5. The molecule has 2 nitrogen and oxygen atoms in total. The first-order valence-electron chi connectivity index (χ1n) is 18.3. The van der Waals surface area contributed by atoms with Gasteiger partial charge in [-0.2, -0.15) is 0 Å². The van der Waals surface area contributed by atoms with E-state index in [9.17, 15) is 0 Å². The number of rotatable bonds is 17. The third-order valence-electron chi connectivity index (χ3n) is 8.22. The monoisotopic (exact) mass is 633 g/mol. The number of nitrogens with zero attached hydrogens (tertiary/aromatic N) is 1. The summed E-state index contributed by atoms with van der Waals surface area (Å²) in [5.74, 6) is 0.461. The summed E-state index contributed by atoms with van der Waals surface area (Å²) in [5, 5.41) is 3.72. The van der Waals surface area contributed by atoms with Crippen molar-refractivity contribution in [3.05, 3.63) is 107 Å². The number of hydrogen-bond acceptors (Lipinski definition) is 2. The van der Waals surface area contributed by atoms with E-state index in [0.29, 0.717) is 5.92 Å². The lowest BCUT2D eigenvalue weighted by Gasteiger charge is -2.26. The van der Waals surface area contributed by atoms with Crippen LogP contribution in [0.15, 0.2) is 90.5 Å². The fourth-order valence-corrected chi connectivity index (χ4v) is 5.58. The van der Waals surface area contributed by atoms with E-state index >= 15 is 0 Å². The first-order valence-corrected chi connectivity index (χ1v) is 18.3.